The third-order valence-corrected chi connectivity index (χ3v) is 4.83. The summed E-state index contributed by atoms with van der Waals surface area (Å²) in [6, 6.07) is 2.78. The van der Waals surface area contributed by atoms with E-state index in [2.05, 4.69) is 9.97 Å². The molecule has 2 aromatic rings. The molecule has 1 unspecified atom stereocenters. The lowest BCUT2D eigenvalue weighted by Gasteiger charge is -2.27. The molecule has 1 aromatic heterocycles. The van der Waals surface area contributed by atoms with E-state index in [-0.39, 0.29) is 41.3 Å². The Balaban J connectivity index is 2.28. The molecular formula is C18H18F3N5O3. The van der Waals surface area contributed by atoms with Gasteiger partial charge in [0.2, 0.25) is 5.95 Å². The molecule has 11 heteroatoms. The summed E-state index contributed by atoms with van der Waals surface area (Å²) in [5, 5.41) is 11.4. The molecule has 2 N–H and O–H groups in total. The number of carbonyl (C=O) groups is 1. The molecule has 154 valence electrons. The lowest BCUT2D eigenvalue weighted by Crippen LogP contribution is -2.35. The van der Waals surface area contributed by atoms with E-state index < -0.39 is 34.5 Å². The maximum atomic E-state index is 13.7. The summed E-state index contributed by atoms with van der Waals surface area (Å²) in [5.74, 6) is -0.599. The van der Waals surface area contributed by atoms with Crippen LogP contribution in [0.2, 0.25) is 0 Å². The van der Waals surface area contributed by atoms with E-state index in [1.807, 2.05) is 6.92 Å². The molecule has 2 amide bonds. The van der Waals surface area contributed by atoms with Crippen molar-refractivity contribution < 1.29 is 22.9 Å². The molecule has 0 bridgehead atoms. The number of amides is 2. The first-order valence-corrected chi connectivity index (χ1v) is 8.81. The van der Waals surface area contributed by atoms with E-state index >= 15 is 0 Å². The van der Waals surface area contributed by atoms with Gasteiger partial charge in [-0.25, -0.2) is 19.7 Å². The highest BCUT2D eigenvalue weighted by Gasteiger charge is 2.40. The van der Waals surface area contributed by atoms with Crippen molar-refractivity contribution in [1.29, 1.82) is 0 Å². The number of fused-ring (bicyclic) bond motifs is 1. The van der Waals surface area contributed by atoms with Crippen LogP contribution in [0.25, 0.3) is 0 Å². The van der Waals surface area contributed by atoms with Crippen LogP contribution >= 0.6 is 0 Å². The van der Waals surface area contributed by atoms with E-state index in [1.54, 1.807) is 0 Å². The van der Waals surface area contributed by atoms with E-state index in [4.69, 9.17) is 5.73 Å². The van der Waals surface area contributed by atoms with Crippen molar-refractivity contribution in [1.82, 2.24) is 9.97 Å². The Bertz CT molecular complexity index is 993. The summed E-state index contributed by atoms with van der Waals surface area (Å²) in [5.41, 5.74) is 3.92. The molecule has 0 radical (unpaired) electrons. The Morgan fingerprint density at radius 3 is 2.62 bits per heavy atom. The van der Waals surface area contributed by atoms with E-state index in [9.17, 15) is 28.1 Å². The molecule has 1 aliphatic rings. The van der Waals surface area contributed by atoms with Gasteiger partial charge in [0.15, 0.2) is 5.69 Å². The lowest BCUT2D eigenvalue weighted by atomic mass is 9.87. The first-order chi connectivity index (χ1) is 13.5. The van der Waals surface area contributed by atoms with Crippen molar-refractivity contribution in [2.75, 3.05) is 4.90 Å². The zero-order chi connectivity index (χ0) is 21.5. The van der Waals surface area contributed by atoms with Crippen LogP contribution < -0.4 is 10.6 Å². The van der Waals surface area contributed by atoms with Crippen LogP contribution in [0, 0.1) is 23.0 Å². The molecule has 3 rings (SSSR count). The number of aromatic nitrogens is 2. The predicted molar refractivity (Wildman–Crippen MR) is 97.8 cm³/mol. The number of alkyl halides is 3. The number of carbonyl (C=O) groups excluding carboxylic acids is 1. The van der Waals surface area contributed by atoms with Gasteiger partial charge >= 0.3 is 12.2 Å². The summed E-state index contributed by atoms with van der Waals surface area (Å²) in [7, 11) is 0. The minimum absolute atomic E-state index is 0.0105. The number of para-hydroxylation sites is 1. The standard InChI is InChI=1S/C18H18F3N5O3/c1-9-6-7-12-11(8-9)15(18(19,20)21)24-17(23-12)25(16(22)27)14-10(2)4-3-5-13(14)26(28)29/h3-5,9H,6-8H2,1-2H3,(H2,22,27). The normalized spacial score (nSPS) is 16.2. The molecule has 1 atom stereocenters. The second-order valence-corrected chi connectivity index (χ2v) is 7.02. The van der Waals surface area contributed by atoms with Crippen molar-refractivity contribution in [2.24, 2.45) is 11.7 Å². The number of nitrogens with two attached hydrogens (primary N) is 1. The van der Waals surface area contributed by atoms with Gasteiger partial charge in [-0.2, -0.15) is 13.2 Å². The average Bonchev–Trinajstić information content (AvgIpc) is 2.61. The third kappa shape index (κ3) is 3.84. The SMILES string of the molecule is Cc1cccc([N+](=O)[O-])c1N(C(N)=O)c1nc2c(c(C(F)(F)F)n1)CC(C)CC2. The van der Waals surface area contributed by atoms with Crippen molar-refractivity contribution in [3.8, 4) is 0 Å². The zero-order valence-corrected chi connectivity index (χ0v) is 15.7. The molecule has 0 aliphatic heterocycles. The number of nitro benzene ring substituents is 1. The largest absolute Gasteiger partial charge is 0.433 e. The number of hydrogen-bond acceptors (Lipinski definition) is 5. The summed E-state index contributed by atoms with van der Waals surface area (Å²) in [6.07, 6.45) is -3.72. The number of primary amides is 1. The Morgan fingerprint density at radius 2 is 2.03 bits per heavy atom. The van der Waals surface area contributed by atoms with Gasteiger partial charge in [-0.05, 0) is 37.7 Å². The second-order valence-electron chi connectivity index (χ2n) is 7.02. The average molecular weight is 409 g/mol. The first kappa shape index (κ1) is 20.5. The summed E-state index contributed by atoms with van der Waals surface area (Å²) in [4.78, 5) is 31.2. The fraction of sp³-hybridized carbons (Fsp3) is 0.389. The lowest BCUT2D eigenvalue weighted by molar-refractivity contribution is -0.384. The van der Waals surface area contributed by atoms with Crippen LogP contribution in [0.5, 0.6) is 0 Å². The van der Waals surface area contributed by atoms with Crippen molar-refractivity contribution in [2.45, 2.75) is 39.3 Å². The van der Waals surface area contributed by atoms with Gasteiger partial charge in [-0.1, -0.05) is 19.1 Å². The first-order valence-electron chi connectivity index (χ1n) is 8.81. The van der Waals surface area contributed by atoms with Crippen LogP contribution in [-0.2, 0) is 19.0 Å². The van der Waals surface area contributed by atoms with Crippen LogP contribution in [0.4, 0.5) is 35.3 Å². The number of rotatable bonds is 3. The number of urea groups is 1. The van der Waals surface area contributed by atoms with Gasteiger partial charge in [0.1, 0.15) is 5.69 Å². The highest BCUT2D eigenvalue weighted by atomic mass is 19.4. The fourth-order valence-electron chi connectivity index (χ4n) is 3.50. The molecule has 1 aromatic carbocycles. The Morgan fingerprint density at radius 1 is 1.34 bits per heavy atom. The zero-order valence-electron chi connectivity index (χ0n) is 15.7. The number of benzene rings is 1. The third-order valence-electron chi connectivity index (χ3n) is 4.83. The van der Waals surface area contributed by atoms with Crippen LogP contribution in [0.15, 0.2) is 18.2 Å². The van der Waals surface area contributed by atoms with Gasteiger partial charge in [0.05, 0.1) is 4.92 Å². The number of hydrogen-bond donors (Lipinski definition) is 1. The van der Waals surface area contributed by atoms with Gasteiger partial charge in [0, 0.05) is 17.3 Å². The monoisotopic (exact) mass is 409 g/mol. The van der Waals surface area contributed by atoms with Crippen molar-refractivity contribution in [3.63, 3.8) is 0 Å². The fourth-order valence-corrected chi connectivity index (χ4v) is 3.50. The molecule has 1 heterocycles. The van der Waals surface area contributed by atoms with E-state index in [1.165, 1.54) is 19.1 Å². The minimum atomic E-state index is -4.78. The molecule has 0 saturated carbocycles. The number of anilines is 2. The van der Waals surface area contributed by atoms with Crippen molar-refractivity contribution in [3.05, 3.63) is 50.8 Å². The van der Waals surface area contributed by atoms with Crippen molar-refractivity contribution >= 4 is 23.4 Å². The molecule has 0 saturated heterocycles. The smallest absolute Gasteiger partial charge is 0.351 e. The Hall–Kier alpha value is -3.24. The quantitative estimate of drug-likeness (QED) is 0.606. The summed E-state index contributed by atoms with van der Waals surface area (Å²) >= 11 is 0. The molecule has 1 aliphatic carbocycles. The van der Waals surface area contributed by atoms with Gasteiger partial charge in [-0.3, -0.25) is 10.1 Å². The molecule has 0 fully saturated rings. The molecule has 29 heavy (non-hydrogen) atoms. The van der Waals surface area contributed by atoms with Gasteiger partial charge in [0.25, 0.3) is 5.69 Å². The Labute approximate surface area is 163 Å². The number of aryl methyl sites for hydroxylation is 2. The van der Waals surface area contributed by atoms with Gasteiger partial charge < -0.3 is 5.73 Å². The number of nitrogens with zero attached hydrogens (tertiary/aromatic N) is 4. The highest BCUT2D eigenvalue weighted by Crippen LogP contribution is 2.40. The molecule has 0 spiro atoms. The van der Waals surface area contributed by atoms with E-state index in [0.717, 1.165) is 6.07 Å². The van der Waals surface area contributed by atoms with Gasteiger partial charge in [-0.15, -0.1) is 0 Å². The van der Waals surface area contributed by atoms with Crippen LogP contribution in [-0.4, -0.2) is 20.9 Å². The number of halogens is 3. The Kier molecular flexibility index (Phi) is 5.16. The molecular weight excluding hydrogens is 391 g/mol. The minimum Gasteiger partial charge on any atom is -0.351 e. The summed E-state index contributed by atoms with van der Waals surface area (Å²) < 4.78 is 41.1. The maximum Gasteiger partial charge on any atom is 0.433 e. The van der Waals surface area contributed by atoms with E-state index in [0.29, 0.717) is 11.3 Å². The van der Waals surface area contributed by atoms with Crippen LogP contribution in [0.1, 0.15) is 35.9 Å². The second kappa shape index (κ2) is 7.30. The number of nitro groups is 1. The maximum absolute atomic E-state index is 13.7. The predicted octanol–water partition coefficient (Wildman–Crippen LogP) is 4.05. The highest BCUT2D eigenvalue weighted by molar-refractivity contribution is 5.99. The summed E-state index contributed by atoms with van der Waals surface area (Å²) in [6.45, 7) is 3.31. The topological polar surface area (TPSA) is 115 Å². The molecule has 8 nitrogen and oxygen atoms in total. The van der Waals surface area contributed by atoms with Crippen LogP contribution in [0.3, 0.4) is 0 Å².